The van der Waals surface area contributed by atoms with E-state index in [1.165, 1.54) is 24.3 Å². The van der Waals surface area contributed by atoms with Gasteiger partial charge in [0, 0.05) is 56.8 Å². The Balaban J connectivity index is 1.74. The van der Waals surface area contributed by atoms with E-state index in [0.717, 1.165) is 32.7 Å². The van der Waals surface area contributed by atoms with Gasteiger partial charge in [0.1, 0.15) is 0 Å². The minimum Gasteiger partial charge on any atom is -0.352 e. The number of hydrogen-bond acceptors (Lipinski definition) is 5. The summed E-state index contributed by atoms with van der Waals surface area (Å²) in [6, 6.07) is 5.37. The molecule has 1 fully saturated rings. The Morgan fingerprint density at radius 2 is 1.79 bits per heavy atom. The van der Waals surface area contributed by atoms with E-state index in [-0.39, 0.29) is 30.5 Å². The fourth-order valence-corrected chi connectivity index (χ4v) is 2.59. The molecular weight excluding hydrogens is 312 g/mol. The summed E-state index contributed by atoms with van der Waals surface area (Å²) in [4.78, 5) is 38.2. The summed E-state index contributed by atoms with van der Waals surface area (Å²) in [5.41, 5.74) is 0.276. The number of hydrogen-bond donors (Lipinski definition) is 1. The van der Waals surface area contributed by atoms with Crippen LogP contribution in [-0.2, 0) is 4.79 Å². The second-order valence-corrected chi connectivity index (χ2v) is 5.62. The van der Waals surface area contributed by atoms with Crippen LogP contribution in [0.3, 0.4) is 0 Å². The lowest BCUT2D eigenvalue weighted by molar-refractivity contribution is -0.384. The number of carbonyl (C=O) groups excluding carboxylic acids is 2. The van der Waals surface area contributed by atoms with E-state index in [4.69, 9.17) is 0 Å². The second-order valence-electron chi connectivity index (χ2n) is 5.62. The van der Waals surface area contributed by atoms with Crippen molar-refractivity contribution in [3.63, 3.8) is 0 Å². The molecule has 0 bridgehead atoms. The maximum atomic E-state index is 12.1. The Morgan fingerprint density at radius 3 is 2.33 bits per heavy atom. The molecule has 2 rings (SSSR count). The molecule has 0 saturated carbocycles. The van der Waals surface area contributed by atoms with Gasteiger partial charge in [-0.25, -0.2) is 0 Å². The molecule has 1 heterocycles. The summed E-state index contributed by atoms with van der Waals surface area (Å²) in [5.74, 6) is -0.303. The summed E-state index contributed by atoms with van der Waals surface area (Å²) < 4.78 is 0. The number of piperazine rings is 1. The highest BCUT2D eigenvalue weighted by atomic mass is 16.6. The van der Waals surface area contributed by atoms with Gasteiger partial charge in [-0.05, 0) is 18.7 Å². The number of nitrogens with zero attached hydrogens (tertiary/aromatic N) is 3. The van der Waals surface area contributed by atoms with Gasteiger partial charge in [0.25, 0.3) is 11.6 Å². The second kappa shape index (κ2) is 8.39. The van der Waals surface area contributed by atoms with Gasteiger partial charge in [-0.3, -0.25) is 19.7 Å². The standard InChI is InChI=1S/C16H22N4O4/c1-2-18-9-11-19(12-10-18)15(21)7-8-17-16(22)13-3-5-14(6-4-13)20(23)24/h3-6H,2,7-12H2,1H3,(H,17,22). The van der Waals surface area contributed by atoms with Crippen molar-refractivity contribution < 1.29 is 14.5 Å². The normalized spacial score (nSPS) is 15.1. The summed E-state index contributed by atoms with van der Waals surface area (Å²) in [6.45, 7) is 6.57. The molecule has 1 aromatic carbocycles. The third kappa shape index (κ3) is 4.76. The fraction of sp³-hybridized carbons (Fsp3) is 0.500. The van der Waals surface area contributed by atoms with Crippen molar-refractivity contribution in [2.75, 3.05) is 39.3 Å². The number of nitrogens with one attached hydrogen (secondary N) is 1. The first-order valence-electron chi connectivity index (χ1n) is 8.04. The molecule has 130 valence electrons. The van der Waals surface area contributed by atoms with Crippen LogP contribution >= 0.6 is 0 Å². The van der Waals surface area contributed by atoms with Gasteiger partial charge in [-0.2, -0.15) is 0 Å². The molecule has 0 atom stereocenters. The number of benzene rings is 1. The minimum absolute atomic E-state index is 0.0368. The highest BCUT2D eigenvalue weighted by Gasteiger charge is 2.19. The summed E-state index contributed by atoms with van der Waals surface area (Å²) in [6.07, 6.45) is 0.255. The molecule has 0 spiro atoms. The van der Waals surface area contributed by atoms with Gasteiger partial charge >= 0.3 is 0 Å². The zero-order valence-electron chi connectivity index (χ0n) is 13.7. The highest BCUT2D eigenvalue weighted by Crippen LogP contribution is 2.11. The van der Waals surface area contributed by atoms with Crippen LogP contribution in [0, 0.1) is 10.1 Å². The van der Waals surface area contributed by atoms with Crippen molar-refractivity contribution in [3.05, 3.63) is 39.9 Å². The van der Waals surface area contributed by atoms with Crippen LogP contribution in [0.1, 0.15) is 23.7 Å². The molecule has 2 amide bonds. The lowest BCUT2D eigenvalue weighted by atomic mass is 10.2. The van der Waals surface area contributed by atoms with Gasteiger partial charge in [-0.15, -0.1) is 0 Å². The monoisotopic (exact) mass is 334 g/mol. The average molecular weight is 334 g/mol. The summed E-state index contributed by atoms with van der Waals surface area (Å²) >= 11 is 0. The number of nitro benzene ring substituents is 1. The Labute approximate surface area is 140 Å². The van der Waals surface area contributed by atoms with Gasteiger partial charge < -0.3 is 15.1 Å². The van der Waals surface area contributed by atoms with E-state index >= 15 is 0 Å². The van der Waals surface area contributed by atoms with E-state index in [1.54, 1.807) is 0 Å². The number of amides is 2. The van der Waals surface area contributed by atoms with Gasteiger partial charge in [0.15, 0.2) is 0 Å². The molecular formula is C16H22N4O4. The molecule has 1 aliphatic heterocycles. The Hall–Kier alpha value is -2.48. The number of carbonyl (C=O) groups is 2. The first-order chi connectivity index (χ1) is 11.5. The molecule has 0 aliphatic carbocycles. The van der Waals surface area contributed by atoms with Crippen LogP contribution in [0.25, 0.3) is 0 Å². The third-order valence-electron chi connectivity index (χ3n) is 4.14. The Morgan fingerprint density at radius 1 is 1.17 bits per heavy atom. The van der Waals surface area contributed by atoms with Crippen LogP contribution in [0.4, 0.5) is 5.69 Å². The molecule has 1 aliphatic rings. The van der Waals surface area contributed by atoms with Gasteiger partial charge in [0.05, 0.1) is 4.92 Å². The van der Waals surface area contributed by atoms with Crippen LogP contribution in [0.2, 0.25) is 0 Å². The van der Waals surface area contributed by atoms with Crippen LogP contribution in [0.5, 0.6) is 0 Å². The fourth-order valence-electron chi connectivity index (χ4n) is 2.59. The van der Waals surface area contributed by atoms with Crippen molar-refractivity contribution in [2.24, 2.45) is 0 Å². The van der Waals surface area contributed by atoms with E-state index in [2.05, 4.69) is 17.1 Å². The van der Waals surface area contributed by atoms with Crippen molar-refractivity contribution in [3.8, 4) is 0 Å². The molecule has 1 saturated heterocycles. The number of nitro groups is 1. The largest absolute Gasteiger partial charge is 0.352 e. The molecule has 8 nitrogen and oxygen atoms in total. The van der Waals surface area contributed by atoms with Crippen molar-refractivity contribution in [1.82, 2.24) is 15.1 Å². The lowest BCUT2D eigenvalue weighted by Crippen LogP contribution is -2.49. The maximum Gasteiger partial charge on any atom is 0.269 e. The molecule has 1 N–H and O–H groups in total. The molecule has 8 heteroatoms. The van der Waals surface area contributed by atoms with Gasteiger partial charge in [-0.1, -0.05) is 6.92 Å². The maximum absolute atomic E-state index is 12.1. The summed E-state index contributed by atoms with van der Waals surface area (Å²) in [5, 5.41) is 13.2. The zero-order chi connectivity index (χ0) is 17.5. The van der Waals surface area contributed by atoms with Crippen molar-refractivity contribution in [1.29, 1.82) is 0 Å². The predicted molar refractivity (Wildman–Crippen MR) is 88.7 cm³/mol. The predicted octanol–water partition coefficient (Wildman–Crippen LogP) is 0.879. The highest BCUT2D eigenvalue weighted by molar-refractivity contribution is 5.94. The Kier molecular flexibility index (Phi) is 6.25. The first-order valence-corrected chi connectivity index (χ1v) is 8.04. The van der Waals surface area contributed by atoms with Crippen LogP contribution in [-0.4, -0.2) is 65.8 Å². The number of rotatable bonds is 6. The topological polar surface area (TPSA) is 95.8 Å². The van der Waals surface area contributed by atoms with Crippen molar-refractivity contribution in [2.45, 2.75) is 13.3 Å². The number of likely N-dealkylation sites (N-methyl/N-ethyl adjacent to an activating group) is 1. The minimum atomic E-state index is -0.515. The van der Waals surface area contributed by atoms with E-state index in [9.17, 15) is 19.7 Å². The van der Waals surface area contributed by atoms with Crippen LogP contribution < -0.4 is 5.32 Å². The van der Waals surface area contributed by atoms with Gasteiger partial charge in [0.2, 0.25) is 5.91 Å². The third-order valence-corrected chi connectivity index (χ3v) is 4.14. The Bertz CT molecular complexity index is 595. The molecule has 0 unspecified atom stereocenters. The van der Waals surface area contributed by atoms with E-state index < -0.39 is 4.92 Å². The smallest absolute Gasteiger partial charge is 0.269 e. The van der Waals surface area contributed by atoms with E-state index in [1.807, 2.05) is 4.90 Å². The SMILES string of the molecule is CCN1CCN(C(=O)CCNC(=O)c2ccc([N+](=O)[O-])cc2)CC1. The first kappa shape index (κ1) is 17.9. The molecule has 0 radical (unpaired) electrons. The molecule has 0 aromatic heterocycles. The average Bonchev–Trinajstić information content (AvgIpc) is 2.61. The number of non-ortho nitro benzene ring substituents is 1. The lowest BCUT2D eigenvalue weighted by Gasteiger charge is -2.34. The summed E-state index contributed by atoms with van der Waals surface area (Å²) in [7, 11) is 0. The zero-order valence-corrected chi connectivity index (χ0v) is 13.7. The van der Waals surface area contributed by atoms with Crippen LogP contribution in [0.15, 0.2) is 24.3 Å². The van der Waals surface area contributed by atoms with Crippen molar-refractivity contribution >= 4 is 17.5 Å². The van der Waals surface area contributed by atoms with E-state index in [0.29, 0.717) is 5.56 Å². The molecule has 1 aromatic rings. The quantitative estimate of drug-likeness (QED) is 0.615. The molecule has 24 heavy (non-hydrogen) atoms.